The summed E-state index contributed by atoms with van der Waals surface area (Å²) in [6, 6.07) is 6.61. The van der Waals surface area contributed by atoms with Gasteiger partial charge in [-0.2, -0.15) is 0 Å². The summed E-state index contributed by atoms with van der Waals surface area (Å²) in [5.41, 5.74) is 5.65. The molecule has 2 aliphatic rings. The highest BCUT2D eigenvalue weighted by atomic mass is 15.1. The Bertz CT molecular complexity index is 472. The molecule has 2 aliphatic heterocycles. The summed E-state index contributed by atoms with van der Waals surface area (Å²) in [5, 5.41) is 3.19. The van der Waals surface area contributed by atoms with Gasteiger partial charge in [-0.25, -0.2) is 0 Å². The largest absolute Gasteiger partial charge is 0.387 e. The van der Waals surface area contributed by atoms with Crippen LogP contribution in [-0.4, -0.2) is 20.1 Å². The smallest absolute Gasteiger partial charge is 0.0403 e. The van der Waals surface area contributed by atoms with Gasteiger partial charge in [0.2, 0.25) is 0 Å². The lowest BCUT2D eigenvalue weighted by Gasteiger charge is -2.15. The number of hydrogen-bond donors (Lipinski definition) is 1. The Hall–Kier alpha value is -1.70. The van der Waals surface area contributed by atoms with Crippen molar-refractivity contribution >= 4 is 11.3 Å². The van der Waals surface area contributed by atoms with E-state index >= 15 is 0 Å². The number of nitrogens with zero attached hydrogens (tertiary/aromatic N) is 1. The lowest BCUT2D eigenvalue weighted by Crippen LogP contribution is -2.12. The predicted molar refractivity (Wildman–Crippen MR) is 68.5 cm³/mol. The van der Waals surface area contributed by atoms with Crippen LogP contribution in [0, 0.1) is 0 Å². The van der Waals surface area contributed by atoms with E-state index < -0.39 is 0 Å². The number of anilines is 1. The van der Waals surface area contributed by atoms with Crippen molar-refractivity contribution in [1.29, 1.82) is 0 Å². The van der Waals surface area contributed by atoms with Crippen LogP contribution < -0.4 is 10.2 Å². The molecule has 0 aromatic heterocycles. The number of nitrogens with one attached hydrogen (secondary N) is 1. The second kappa shape index (κ2) is 3.71. The lowest BCUT2D eigenvalue weighted by molar-refractivity contribution is 0.954. The molecule has 2 heteroatoms. The normalized spacial score (nSPS) is 18.1. The topological polar surface area (TPSA) is 15.3 Å². The Kier molecular flexibility index (Phi) is 2.21. The number of dihydropyridines is 1. The Morgan fingerprint density at radius 3 is 3.06 bits per heavy atom. The summed E-state index contributed by atoms with van der Waals surface area (Å²) in [4.78, 5) is 2.34. The number of rotatable bonds is 1. The number of likely N-dealkylation sites (N-methyl/N-ethyl adjacent to an activating group) is 1. The standard InChI is InChI=1S/C14H16N2/c1-16-10-7-13-12(3-2-4-14(13)16)11-5-8-15-9-6-11/h2-6,8,15H,7,9-10H2,1H3. The van der Waals surface area contributed by atoms with Crippen LogP contribution in [0.2, 0.25) is 0 Å². The average Bonchev–Trinajstić information content (AvgIpc) is 2.73. The first-order valence-corrected chi connectivity index (χ1v) is 5.80. The lowest BCUT2D eigenvalue weighted by atomic mass is 9.96. The molecule has 0 spiro atoms. The van der Waals surface area contributed by atoms with E-state index in [-0.39, 0.29) is 0 Å². The van der Waals surface area contributed by atoms with Gasteiger partial charge in [-0.05, 0) is 41.5 Å². The van der Waals surface area contributed by atoms with Crippen LogP contribution in [0.1, 0.15) is 11.1 Å². The zero-order valence-corrected chi connectivity index (χ0v) is 9.53. The first-order chi connectivity index (χ1) is 7.86. The van der Waals surface area contributed by atoms with E-state index in [0.29, 0.717) is 0 Å². The minimum absolute atomic E-state index is 0.936. The highest BCUT2D eigenvalue weighted by molar-refractivity contribution is 5.81. The SMILES string of the molecule is CN1CCc2c(C3=CCNC=C3)cccc21. The molecule has 0 radical (unpaired) electrons. The molecular weight excluding hydrogens is 196 g/mol. The number of allylic oxidation sites excluding steroid dienone is 2. The fourth-order valence-corrected chi connectivity index (χ4v) is 2.52. The molecule has 3 rings (SSSR count). The van der Waals surface area contributed by atoms with E-state index in [1.165, 1.54) is 28.8 Å². The van der Waals surface area contributed by atoms with Crippen molar-refractivity contribution in [3.63, 3.8) is 0 Å². The van der Waals surface area contributed by atoms with Crippen LogP contribution in [0.4, 0.5) is 5.69 Å². The molecular formula is C14H16N2. The quantitative estimate of drug-likeness (QED) is 0.767. The van der Waals surface area contributed by atoms with Crippen LogP contribution >= 0.6 is 0 Å². The van der Waals surface area contributed by atoms with Crippen LogP contribution in [0.25, 0.3) is 5.57 Å². The van der Waals surface area contributed by atoms with Crippen LogP contribution in [-0.2, 0) is 6.42 Å². The molecule has 0 atom stereocenters. The van der Waals surface area contributed by atoms with Crippen LogP contribution in [0.5, 0.6) is 0 Å². The zero-order valence-electron chi connectivity index (χ0n) is 9.53. The molecule has 16 heavy (non-hydrogen) atoms. The van der Waals surface area contributed by atoms with Crippen molar-refractivity contribution in [3.8, 4) is 0 Å². The van der Waals surface area contributed by atoms with Crippen molar-refractivity contribution in [1.82, 2.24) is 5.32 Å². The summed E-state index contributed by atoms with van der Waals surface area (Å²) in [5.74, 6) is 0. The molecule has 0 bridgehead atoms. The Labute approximate surface area is 96.3 Å². The molecule has 2 heterocycles. The van der Waals surface area contributed by atoms with E-state index in [9.17, 15) is 0 Å². The van der Waals surface area contributed by atoms with Gasteiger partial charge in [0.25, 0.3) is 0 Å². The molecule has 0 aliphatic carbocycles. The van der Waals surface area contributed by atoms with Crippen molar-refractivity contribution in [3.05, 3.63) is 47.7 Å². The molecule has 0 fully saturated rings. The maximum absolute atomic E-state index is 3.19. The number of fused-ring (bicyclic) bond motifs is 1. The van der Waals surface area contributed by atoms with Gasteiger partial charge in [0, 0.05) is 25.8 Å². The molecule has 1 N–H and O–H groups in total. The molecule has 2 nitrogen and oxygen atoms in total. The summed E-state index contributed by atoms with van der Waals surface area (Å²) >= 11 is 0. The van der Waals surface area contributed by atoms with Gasteiger partial charge in [-0.15, -0.1) is 0 Å². The van der Waals surface area contributed by atoms with Gasteiger partial charge in [-0.1, -0.05) is 18.2 Å². The maximum Gasteiger partial charge on any atom is 0.0403 e. The van der Waals surface area contributed by atoms with E-state index in [2.05, 4.69) is 47.6 Å². The fraction of sp³-hybridized carbons (Fsp3) is 0.286. The minimum atomic E-state index is 0.936. The average molecular weight is 212 g/mol. The number of benzene rings is 1. The highest BCUT2D eigenvalue weighted by Gasteiger charge is 2.19. The summed E-state index contributed by atoms with van der Waals surface area (Å²) in [6.45, 7) is 2.08. The third kappa shape index (κ3) is 1.42. The van der Waals surface area contributed by atoms with E-state index in [1.807, 2.05) is 6.20 Å². The molecule has 82 valence electrons. The molecule has 0 amide bonds. The van der Waals surface area contributed by atoms with Crippen molar-refractivity contribution in [2.75, 3.05) is 25.0 Å². The second-order valence-electron chi connectivity index (χ2n) is 4.38. The van der Waals surface area contributed by atoms with E-state index in [4.69, 9.17) is 0 Å². The minimum Gasteiger partial charge on any atom is -0.387 e. The molecule has 1 aromatic rings. The van der Waals surface area contributed by atoms with Crippen molar-refractivity contribution in [2.45, 2.75) is 6.42 Å². The van der Waals surface area contributed by atoms with Gasteiger partial charge < -0.3 is 10.2 Å². The monoisotopic (exact) mass is 212 g/mol. The van der Waals surface area contributed by atoms with E-state index in [0.717, 1.165) is 13.1 Å². The van der Waals surface area contributed by atoms with Crippen LogP contribution in [0.3, 0.4) is 0 Å². The summed E-state index contributed by atoms with van der Waals surface area (Å²) in [6.07, 6.45) is 7.62. The van der Waals surface area contributed by atoms with Crippen molar-refractivity contribution < 1.29 is 0 Å². The molecule has 0 saturated carbocycles. The molecule has 1 aromatic carbocycles. The van der Waals surface area contributed by atoms with Gasteiger partial charge in [-0.3, -0.25) is 0 Å². The number of hydrogen-bond acceptors (Lipinski definition) is 2. The fourth-order valence-electron chi connectivity index (χ4n) is 2.52. The molecule has 0 unspecified atom stereocenters. The van der Waals surface area contributed by atoms with Gasteiger partial charge >= 0.3 is 0 Å². The highest BCUT2D eigenvalue weighted by Crippen LogP contribution is 2.33. The van der Waals surface area contributed by atoms with Crippen molar-refractivity contribution in [2.24, 2.45) is 0 Å². The summed E-state index contributed by atoms with van der Waals surface area (Å²) < 4.78 is 0. The first-order valence-electron chi connectivity index (χ1n) is 5.80. The van der Waals surface area contributed by atoms with Gasteiger partial charge in [0.15, 0.2) is 0 Å². The molecule has 0 saturated heterocycles. The third-order valence-corrected chi connectivity index (χ3v) is 3.39. The zero-order chi connectivity index (χ0) is 11.0. The van der Waals surface area contributed by atoms with Gasteiger partial charge in [0.05, 0.1) is 0 Å². The second-order valence-corrected chi connectivity index (χ2v) is 4.38. The maximum atomic E-state index is 3.19. The Morgan fingerprint density at radius 1 is 1.31 bits per heavy atom. The Balaban J connectivity index is 2.09. The van der Waals surface area contributed by atoms with Gasteiger partial charge in [0.1, 0.15) is 0 Å². The Morgan fingerprint density at radius 2 is 2.25 bits per heavy atom. The summed E-state index contributed by atoms with van der Waals surface area (Å²) in [7, 11) is 2.17. The van der Waals surface area contributed by atoms with Crippen LogP contribution in [0.15, 0.2) is 36.6 Å². The third-order valence-electron chi connectivity index (χ3n) is 3.39. The van der Waals surface area contributed by atoms with E-state index in [1.54, 1.807) is 0 Å². The first kappa shape index (κ1) is 9.52. The predicted octanol–water partition coefficient (Wildman–Crippen LogP) is 2.18.